The molecule has 2 heteroatoms. The predicted octanol–water partition coefficient (Wildman–Crippen LogP) is 2.23. The molecule has 1 unspecified atom stereocenters. The largest absolute Gasteiger partial charge is 0.318 e. The van der Waals surface area contributed by atoms with Crippen molar-refractivity contribution in [1.82, 2.24) is 0 Å². The summed E-state index contributed by atoms with van der Waals surface area (Å²) < 4.78 is 0. The van der Waals surface area contributed by atoms with Gasteiger partial charge in [0, 0.05) is 0 Å². The number of carbonyl (C=O) groups is 1. The Labute approximate surface area is 85.1 Å². The first-order valence-electron chi connectivity index (χ1n) is 5.00. The van der Waals surface area contributed by atoms with Crippen LogP contribution in [0.25, 0.3) is 0 Å². The summed E-state index contributed by atoms with van der Waals surface area (Å²) in [5, 5.41) is 0. The molecule has 1 aromatic carbocycles. The van der Waals surface area contributed by atoms with Crippen molar-refractivity contribution in [2.75, 3.05) is 0 Å². The molecule has 1 rings (SSSR count). The average molecular weight is 191 g/mol. The van der Waals surface area contributed by atoms with Gasteiger partial charge in [-0.15, -0.1) is 0 Å². The molecular weight excluding hydrogens is 174 g/mol. The zero-order valence-corrected chi connectivity index (χ0v) is 8.79. The molecule has 76 valence electrons. The number of hydrogen-bond donors (Lipinski definition) is 1. The lowest BCUT2D eigenvalue weighted by Gasteiger charge is -2.13. The third kappa shape index (κ3) is 2.42. The van der Waals surface area contributed by atoms with Gasteiger partial charge in [0.15, 0.2) is 5.78 Å². The Morgan fingerprint density at radius 2 is 2.07 bits per heavy atom. The molecule has 0 aliphatic carbocycles. The highest BCUT2D eigenvalue weighted by Crippen LogP contribution is 2.18. The lowest BCUT2D eigenvalue weighted by atomic mass is 9.96. The van der Waals surface area contributed by atoms with Gasteiger partial charge < -0.3 is 5.73 Å². The highest BCUT2D eigenvalue weighted by atomic mass is 16.1. The van der Waals surface area contributed by atoms with Crippen molar-refractivity contribution < 1.29 is 4.79 Å². The summed E-state index contributed by atoms with van der Waals surface area (Å²) in [4.78, 5) is 11.2. The normalized spacial score (nSPS) is 12.5. The van der Waals surface area contributed by atoms with Crippen molar-refractivity contribution in [3.8, 4) is 0 Å². The lowest BCUT2D eigenvalue weighted by Crippen LogP contribution is -2.20. The van der Waals surface area contributed by atoms with E-state index in [0.717, 1.165) is 18.4 Å². The highest BCUT2D eigenvalue weighted by molar-refractivity contribution is 5.83. The monoisotopic (exact) mass is 191 g/mol. The molecule has 2 nitrogen and oxygen atoms in total. The minimum Gasteiger partial charge on any atom is -0.318 e. The third-order valence-electron chi connectivity index (χ3n) is 2.35. The van der Waals surface area contributed by atoms with Crippen LogP contribution in [0.2, 0.25) is 0 Å². The van der Waals surface area contributed by atoms with Crippen molar-refractivity contribution in [3.05, 3.63) is 35.4 Å². The van der Waals surface area contributed by atoms with Crippen LogP contribution in [-0.4, -0.2) is 5.78 Å². The molecule has 0 aromatic heterocycles. The number of carbonyl (C=O) groups excluding carboxylic acids is 1. The Morgan fingerprint density at radius 1 is 1.43 bits per heavy atom. The fraction of sp³-hybridized carbons (Fsp3) is 0.417. The van der Waals surface area contributed by atoms with Crippen LogP contribution < -0.4 is 5.73 Å². The van der Waals surface area contributed by atoms with Gasteiger partial charge >= 0.3 is 0 Å². The average Bonchev–Trinajstić information content (AvgIpc) is 2.18. The summed E-state index contributed by atoms with van der Waals surface area (Å²) in [6.07, 6.45) is 2.05. The van der Waals surface area contributed by atoms with Crippen LogP contribution in [0, 0.1) is 0 Å². The van der Waals surface area contributed by atoms with Crippen molar-refractivity contribution in [2.45, 2.75) is 32.7 Å². The maximum atomic E-state index is 11.2. The predicted molar refractivity (Wildman–Crippen MR) is 58.0 cm³/mol. The van der Waals surface area contributed by atoms with E-state index in [9.17, 15) is 4.79 Å². The van der Waals surface area contributed by atoms with Gasteiger partial charge in [0.2, 0.25) is 0 Å². The van der Waals surface area contributed by atoms with Gasteiger partial charge in [-0.05, 0) is 24.5 Å². The zero-order valence-electron chi connectivity index (χ0n) is 8.79. The van der Waals surface area contributed by atoms with Gasteiger partial charge in [0.05, 0.1) is 6.04 Å². The number of hydrogen-bond acceptors (Lipinski definition) is 2. The molecule has 1 atom stereocenters. The summed E-state index contributed by atoms with van der Waals surface area (Å²) >= 11 is 0. The van der Waals surface area contributed by atoms with Crippen molar-refractivity contribution in [2.24, 2.45) is 5.73 Å². The second-order valence-electron chi connectivity index (χ2n) is 3.54. The van der Waals surface area contributed by atoms with E-state index in [4.69, 9.17) is 5.73 Å². The molecule has 0 amide bonds. The molecule has 2 N–H and O–H groups in total. The molecule has 1 aromatic rings. The first-order valence-corrected chi connectivity index (χ1v) is 5.00. The minimum atomic E-state index is -0.460. The van der Waals surface area contributed by atoms with Gasteiger partial charge in [-0.3, -0.25) is 4.79 Å². The molecule has 0 fully saturated rings. The second kappa shape index (κ2) is 4.91. The maximum Gasteiger partial charge on any atom is 0.150 e. The van der Waals surface area contributed by atoms with Gasteiger partial charge in [0.1, 0.15) is 0 Å². The number of nitrogens with two attached hydrogens (primary N) is 1. The fourth-order valence-corrected chi connectivity index (χ4v) is 1.55. The van der Waals surface area contributed by atoms with E-state index < -0.39 is 6.04 Å². The SMILES string of the molecule is CCCc1ccccc1C(N)C(C)=O. The number of ketones is 1. The van der Waals surface area contributed by atoms with Crippen LogP contribution in [0.1, 0.15) is 37.4 Å². The van der Waals surface area contributed by atoms with E-state index in [1.165, 1.54) is 12.5 Å². The lowest BCUT2D eigenvalue weighted by molar-refractivity contribution is -0.118. The molecule has 0 spiro atoms. The van der Waals surface area contributed by atoms with E-state index in [1.54, 1.807) is 0 Å². The van der Waals surface area contributed by atoms with E-state index in [1.807, 2.05) is 24.3 Å². The number of benzene rings is 1. The minimum absolute atomic E-state index is 0.0218. The smallest absolute Gasteiger partial charge is 0.150 e. The van der Waals surface area contributed by atoms with Crippen LogP contribution in [0.4, 0.5) is 0 Å². The Kier molecular flexibility index (Phi) is 3.84. The van der Waals surface area contributed by atoms with Crippen LogP contribution in [0.5, 0.6) is 0 Å². The van der Waals surface area contributed by atoms with Crippen LogP contribution in [-0.2, 0) is 11.2 Å². The summed E-state index contributed by atoms with van der Waals surface area (Å²) in [6, 6.07) is 7.44. The molecule has 0 saturated heterocycles. The maximum absolute atomic E-state index is 11.2. The van der Waals surface area contributed by atoms with E-state index in [-0.39, 0.29) is 5.78 Å². The van der Waals surface area contributed by atoms with E-state index in [2.05, 4.69) is 6.92 Å². The molecule has 0 heterocycles. The van der Waals surface area contributed by atoms with Gasteiger partial charge in [-0.25, -0.2) is 0 Å². The van der Waals surface area contributed by atoms with Crippen LogP contribution in [0.3, 0.4) is 0 Å². The fourth-order valence-electron chi connectivity index (χ4n) is 1.55. The van der Waals surface area contributed by atoms with Crippen molar-refractivity contribution >= 4 is 5.78 Å². The number of rotatable bonds is 4. The summed E-state index contributed by atoms with van der Waals surface area (Å²) in [5.41, 5.74) is 7.99. The topological polar surface area (TPSA) is 43.1 Å². The number of Topliss-reactive ketones (excluding diaryl/α,β-unsaturated/α-hetero) is 1. The molecule has 0 bridgehead atoms. The third-order valence-corrected chi connectivity index (χ3v) is 2.35. The Morgan fingerprint density at radius 3 is 2.64 bits per heavy atom. The summed E-state index contributed by atoms with van der Waals surface area (Å²) in [7, 11) is 0. The molecule has 14 heavy (non-hydrogen) atoms. The van der Waals surface area contributed by atoms with E-state index >= 15 is 0 Å². The first kappa shape index (κ1) is 10.9. The number of aryl methyl sites for hydroxylation is 1. The molecule has 0 saturated carbocycles. The van der Waals surface area contributed by atoms with Gasteiger partial charge in [0.25, 0.3) is 0 Å². The molecule has 0 radical (unpaired) electrons. The van der Waals surface area contributed by atoms with Crippen LogP contribution in [0.15, 0.2) is 24.3 Å². The Balaban J connectivity index is 3.00. The summed E-state index contributed by atoms with van der Waals surface area (Å²) in [5.74, 6) is 0.0218. The Hall–Kier alpha value is -1.15. The van der Waals surface area contributed by atoms with Crippen molar-refractivity contribution in [3.63, 3.8) is 0 Å². The van der Waals surface area contributed by atoms with Gasteiger partial charge in [-0.2, -0.15) is 0 Å². The highest BCUT2D eigenvalue weighted by Gasteiger charge is 2.13. The standard InChI is InChI=1S/C12H17NO/c1-3-6-10-7-4-5-8-11(10)12(13)9(2)14/h4-5,7-8,12H,3,6,13H2,1-2H3. The molecular formula is C12H17NO. The van der Waals surface area contributed by atoms with E-state index in [0.29, 0.717) is 0 Å². The quantitative estimate of drug-likeness (QED) is 0.793. The Bertz CT molecular complexity index is 320. The first-order chi connectivity index (χ1) is 6.66. The van der Waals surface area contributed by atoms with Crippen molar-refractivity contribution in [1.29, 1.82) is 0 Å². The van der Waals surface area contributed by atoms with Crippen LogP contribution >= 0.6 is 0 Å². The second-order valence-corrected chi connectivity index (χ2v) is 3.54. The van der Waals surface area contributed by atoms with Gasteiger partial charge in [-0.1, -0.05) is 37.6 Å². The zero-order chi connectivity index (χ0) is 10.6. The molecule has 0 aliphatic rings. The summed E-state index contributed by atoms with van der Waals surface area (Å²) in [6.45, 7) is 3.66. The molecule has 0 aliphatic heterocycles.